The van der Waals surface area contributed by atoms with Crippen LogP contribution >= 0.6 is 0 Å². The summed E-state index contributed by atoms with van der Waals surface area (Å²) >= 11 is 0. The van der Waals surface area contributed by atoms with Gasteiger partial charge in [0.15, 0.2) is 5.54 Å². The maximum Gasteiger partial charge on any atom is 0.451 e. The smallest absolute Gasteiger partial charge is 0.451 e. The normalized spacial score (nSPS) is 23.4. The van der Waals surface area contributed by atoms with Crippen LogP contribution in [0.2, 0.25) is 6.32 Å². The number of carbonyl (C=O) groups is 3. The summed E-state index contributed by atoms with van der Waals surface area (Å²) in [7, 11) is -5.69. The Kier molecular flexibility index (Phi) is 10.5. The topological polar surface area (TPSA) is 237 Å². The van der Waals surface area contributed by atoms with Gasteiger partial charge >= 0.3 is 13.1 Å². The third-order valence-corrected chi connectivity index (χ3v) is 6.75. The molecular weight excluding hydrogens is 447 g/mol. The van der Waals surface area contributed by atoms with E-state index in [4.69, 9.17) is 21.5 Å². The molecule has 1 saturated heterocycles. The molecule has 2 amide bonds. The Balaban J connectivity index is 3.17. The van der Waals surface area contributed by atoms with Gasteiger partial charge in [0.05, 0.1) is 6.04 Å². The number of hydrogen-bond acceptors (Lipinski definition) is 9. The molecule has 0 aromatic rings. The molecule has 32 heavy (non-hydrogen) atoms. The summed E-state index contributed by atoms with van der Waals surface area (Å²) in [6.45, 7) is 1.94. The van der Waals surface area contributed by atoms with Gasteiger partial charge in [0.1, 0.15) is 6.04 Å². The number of hydrogen-bond donors (Lipinski definition) is 8. The Bertz CT molecular complexity index is 782. The van der Waals surface area contributed by atoms with Gasteiger partial charge in [-0.05, 0) is 26.6 Å². The summed E-state index contributed by atoms with van der Waals surface area (Å²) in [4.78, 5) is 36.8. The van der Waals surface area contributed by atoms with Gasteiger partial charge in [0.25, 0.3) is 10.2 Å². The molecule has 0 radical (unpaired) electrons. The lowest BCUT2D eigenvalue weighted by Crippen LogP contribution is -2.63. The van der Waals surface area contributed by atoms with E-state index in [2.05, 4.69) is 15.4 Å². The van der Waals surface area contributed by atoms with Gasteiger partial charge in [-0.25, -0.2) is 9.52 Å². The highest BCUT2D eigenvalue weighted by Gasteiger charge is 2.56. The van der Waals surface area contributed by atoms with Crippen LogP contribution < -0.4 is 26.8 Å². The van der Waals surface area contributed by atoms with Gasteiger partial charge in [-0.3, -0.25) is 9.59 Å². The van der Waals surface area contributed by atoms with Gasteiger partial charge in [-0.1, -0.05) is 6.42 Å². The molecule has 0 aromatic heterocycles. The highest BCUT2D eigenvalue weighted by atomic mass is 32.2. The highest BCUT2D eigenvalue weighted by Crippen LogP contribution is 2.34. The number of nitrogens with one attached hydrogen (secondary N) is 3. The monoisotopic (exact) mass is 480 g/mol. The van der Waals surface area contributed by atoms with Crippen LogP contribution in [0.5, 0.6) is 0 Å². The average Bonchev–Trinajstić information content (AvgIpc) is 3.06. The van der Waals surface area contributed by atoms with Crippen LogP contribution in [0.1, 0.15) is 26.7 Å². The van der Waals surface area contributed by atoms with Crippen LogP contribution in [0.15, 0.2) is 0 Å². The summed E-state index contributed by atoms with van der Waals surface area (Å²) in [5.74, 6) is -3.79. The molecule has 0 aliphatic carbocycles. The number of rotatable bonds is 13. The highest BCUT2D eigenvalue weighted by molar-refractivity contribution is 7.87. The minimum Gasteiger partial charge on any atom is -0.479 e. The number of carboxylic acid groups (broad SMARTS) is 1. The Morgan fingerprint density at radius 1 is 1.25 bits per heavy atom. The van der Waals surface area contributed by atoms with E-state index in [0.717, 1.165) is 4.31 Å². The van der Waals surface area contributed by atoms with E-state index < -0.39 is 65.2 Å². The van der Waals surface area contributed by atoms with Crippen LogP contribution in [0.3, 0.4) is 0 Å². The van der Waals surface area contributed by atoms with Crippen molar-refractivity contribution in [2.45, 2.75) is 50.6 Å². The maximum absolute atomic E-state index is 12.7. The Morgan fingerprint density at radius 2 is 1.88 bits per heavy atom. The van der Waals surface area contributed by atoms with Gasteiger partial charge in [0, 0.05) is 32.1 Å². The summed E-state index contributed by atoms with van der Waals surface area (Å²) in [6.07, 6.45) is 0.210. The minimum absolute atomic E-state index is 0.0302. The molecule has 0 bridgehead atoms. The van der Waals surface area contributed by atoms with E-state index in [1.807, 2.05) is 0 Å². The molecule has 1 aliphatic heterocycles. The fraction of sp³-hybridized carbons (Fsp3) is 0.812. The zero-order valence-corrected chi connectivity index (χ0v) is 19.0. The average molecular weight is 480 g/mol. The fourth-order valence-corrected chi connectivity index (χ4v) is 4.70. The molecular formula is C16H33BN6O8S. The van der Waals surface area contributed by atoms with E-state index >= 15 is 0 Å². The third-order valence-electron chi connectivity index (χ3n) is 5.22. The van der Waals surface area contributed by atoms with Gasteiger partial charge < -0.3 is 37.3 Å². The second kappa shape index (κ2) is 11.9. The first-order valence-electron chi connectivity index (χ1n) is 10.2. The lowest BCUT2D eigenvalue weighted by molar-refractivity contribution is -0.149. The Labute approximate surface area is 187 Å². The first-order chi connectivity index (χ1) is 14.8. The summed E-state index contributed by atoms with van der Waals surface area (Å²) in [5.41, 5.74) is 8.79. The molecule has 0 aromatic carbocycles. The molecule has 4 atom stereocenters. The van der Waals surface area contributed by atoms with Crippen LogP contribution in [-0.2, 0) is 24.6 Å². The van der Waals surface area contributed by atoms with Crippen molar-refractivity contribution in [2.75, 3.05) is 26.2 Å². The third kappa shape index (κ3) is 7.36. The van der Waals surface area contributed by atoms with Crippen molar-refractivity contribution in [2.24, 2.45) is 17.4 Å². The van der Waals surface area contributed by atoms with E-state index in [0.29, 0.717) is 0 Å². The molecule has 10 N–H and O–H groups in total. The number of aliphatic carboxylic acids is 1. The fourth-order valence-electron chi connectivity index (χ4n) is 3.40. The number of nitrogens with zero attached hydrogens (tertiary/aromatic N) is 1. The number of carboxylic acids is 1. The van der Waals surface area contributed by atoms with Crippen LogP contribution in [-0.4, -0.2) is 96.6 Å². The van der Waals surface area contributed by atoms with E-state index in [9.17, 15) is 27.9 Å². The first kappa shape index (κ1) is 28.2. The summed E-state index contributed by atoms with van der Waals surface area (Å²) in [6, 6.07) is -2.03. The van der Waals surface area contributed by atoms with Crippen molar-refractivity contribution in [1.82, 2.24) is 19.7 Å². The Morgan fingerprint density at radius 3 is 2.38 bits per heavy atom. The van der Waals surface area contributed by atoms with Crippen LogP contribution in [0.4, 0.5) is 0 Å². The molecule has 0 spiro atoms. The molecule has 1 heterocycles. The standard InChI is InChI=1S/C16H33BN6O8S/c1-10(19)13(24)21-11(2)14(25)22-16(15(26)27)9-23(32(30,31)20-7-6-18)8-12(16)4-3-5-17(28)29/h10-12,20,28-29H,3-9,18-19H2,1-2H3,(H,21,24)(H,22,25)(H,26,27)/t10-,11-,12-,16-/m0/s1. The summed E-state index contributed by atoms with van der Waals surface area (Å²) < 4.78 is 28.3. The van der Waals surface area contributed by atoms with Gasteiger partial charge in [-0.15, -0.1) is 0 Å². The van der Waals surface area contributed by atoms with Gasteiger partial charge in [0.2, 0.25) is 11.8 Å². The lowest BCUT2D eigenvalue weighted by atomic mass is 9.78. The quantitative estimate of drug-likeness (QED) is 0.118. The predicted octanol–water partition coefficient (Wildman–Crippen LogP) is -4.24. The SMILES string of the molecule is C[C@H](N)C(=O)N[C@@H](C)C(=O)N[C@@]1(C(=O)O)CN(S(=O)(=O)NCCN)C[C@@H]1CCCB(O)O. The first-order valence-corrected chi connectivity index (χ1v) is 11.6. The number of carbonyl (C=O) groups excluding carboxylic acids is 2. The van der Waals surface area contributed by atoms with Crippen molar-refractivity contribution in [3.63, 3.8) is 0 Å². The number of amides is 2. The van der Waals surface area contributed by atoms with Crippen LogP contribution in [0, 0.1) is 5.92 Å². The zero-order valence-electron chi connectivity index (χ0n) is 18.2. The molecule has 16 heteroatoms. The molecule has 184 valence electrons. The van der Waals surface area contributed by atoms with Crippen molar-refractivity contribution < 1.29 is 38.0 Å². The second-order valence-corrected chi connectivity index (χ2v) is 9.63. The molecule has 1 rings (SSSR count). The summed E-state index contributed by atoms with van der Waals surface area (Å²) in [5, 5.41) is 32.9. The van der Waals surface area contributed by atoms with Crippen molar-refractivity contribution in [3.05, 3.63) is 0 Å². The zero-order chi connectivity index (χ0) is 24.7. The second-order valence-electron chi connectivity index (χ2n) is 7.87. The predicted molar refractivity (Wildman–Crippen MR) is 115 cm³/mol. The maximum atomic E-state index is 12.7. The largest absolute Gasteiger partial charge is 0.479 e. The van der Waals surface area contributed by atoms with E-state index in [1.54, 1.807) is 0 Å². The van der Waals surface area contributed by atoms with Crippen molar-refractivity contribution >= 4 is 35.1 Å². The lowest BCUT2D eigenvalue weighted by Gasteiger charge is -2.32. The molecule has 1 fully saturated rings. The molecule has 14 nitrogen and oxygen atoms in total. The van der Waals surface area contributed by atoms with E-state index in [1.165, 1.54) is 13.8 Å². The van der Waals surface area contributed by atoms with Crippen LogP contribution in [0.25, 0.3) is 0 Å². The number of nitrogens with two attached hydrogens (primary N) is 2. The molecule has 0 saturated carbocycles. The molecule has 1 aliphatic rings. The van der Waals surface area contributed by atoms with E-state index in [-0.39, 0.29) is 38.8 Å². The van der Waals surface area contributed by atoms with Gasteiger partial charge in [-0.2, -0.15) is 12.7 Å². The molecule has 0 unspecified atom stereocenters. The van der Waals surface area contributed by atoms with Crippen molar-refractivity contribution in [3.8, 4) is 0 Å². The van der Waals surface area contributed by atoms with Crippen molar-refractivity contribution in [1.29, 1.82) is 0 Å². The minimum atomic E-state index is -4.08. The Hall–Kier alpha value is -1.82.